The summed E-state index contributed by atoms with van der Waals surface area (Å²) in [5.41, 5.74) is 1.04. The third kappa shape index (κ3) is 3.87. The van der Waals surface area contributed by atoms with Crippen molar-refractivity contribution < 1.29 is 14.3 Å². The van der Waals surface area contributed by atoms with Crippen LogP contribution in [0.2, 0.25) is 0 Å². The molecule has 1 aliphatic rings. The van der Waals surface area contributed by atoms with Crippen molar-refractivity contribution in [1.82, 2.24) is 10.2 Å². The van der Waals surface area contributed by atoms with Gasteiger partial charge in [0.05, 0.1) is 6.54 Å². The summed E-state index contributed by atoms with van der Waals surface area (Å²) < 4.78 is 11.0. The lowest BCUT2D eigenvalue weighted by Gasteiger charge is -2.21. The van der Waals surface area contributed by atoms with Crippen LogP contribution in [-0.2, 0) is 11.3 Å². The van der Waals surface area contributed by atoms with E-state index in [1.807, 2.05) is 32.0 Å². The predicted molar refractivity (Wildman–Crippen MR) is 77.0 cm³/mol. The number of benzene rings is 1. The van der Waals surface area contributed by atoms with E-state index in [9.17, 15) is 4.79 Å². The van der Waals surface area contributed by atoms with Gasteiger partial charge >= 0.3 is 0 Å². The second-order valence-electron chi connectivity index (χ2n) is 5.26. The van der Waals surface area contributed by atoms with Crippen molar-refractivity contribution in [3.05, 3.63) is 23.8 Å². The summed E-state index contributed by atoms with van der Waals surface area (Å²) in [6, 6.07) is 6.11. The number of likely N-dealkylation sites (N-methyl/N-ethyl adjacent to an activating group) is 1. The quantitative estimate of drug-likeness (QED) is 0.885. The normalized spacial score (nSPS) is 13.4. The number of rotatable bonds is 5. The van der Waals surface area contributed by atoms with Gasteiger partial charge in [-0.1, -0.05) is 19.9 Å². The number of hydrogen-bond acceptors (Lipinski definition) is 4. The molecule has 0 radical (unpaired) electrons. The second kappa shape index (κ2) is 6.61. The molecular weight excluding hydrogens is 256 g/mol. The Morgan fingerprint density at radius 1 is 1.30 bits per heavy atom. The molecule has 1 aromatic carbocycles. The Morgan fingerprint density at radius 2 is 2.00 bits per heavy atom. The average Bonchev–Trinajstić information content (AvgIpc) is 2.44. The van der Waals surface area contributed by atoms with E-state index in [4.69, 9.17) is 9.47 Å². The van der Waals surface area contributed by atoms with Crippen LogP contribution >= 0.6 is 0 Å². The number of nitrogens with one attached hydrogen (secondary N) is 1. The lowest BCUT2D eigenvalue weighted by atomic mass is 10.2. The molecule has 1 amide bonds. The van der Waals surface area contributed by atoms with E-state index in [0.29, 0.717) is 32.3 Å². The van der Waals surface area contributed by atoms with Gasteiger partial charge in [0.25, 0.3) is 0 Å². The summed E-state index contributed by atoms with van der Waals surface area (Å²) in [6.45, 7) is 6.13. The van der Waals surface area contributed by atoms with Gasteiger partial charge in [0.1, 0.15) is 13.2 Å². The summed E-state index contributed by atoms with van der Waals surface area (Å²) in [7, 11) is 1.81. The van der Waals surface area contributed by atoms with Gasteiger partial charge in [-0.15, -0.1) is 0 Å². The van der Waals surface area contributed by atoms with Gasteiger partial charge in [0.2, 0.25) is 5.91 Å². The molecule has 5 nitrogen and oxygen atoms in total. The standard InChI is InChI=1S/C15H22N2O3/c1-11(2)16-9-15(18)17(3)10-12-4-5-13-14(8-12)20-7-6-19-13/h4-5,8,11,16H,6-7,9-10H2,1-3H3. The summed E-state index contributed by atoms with van der Waals surface area (Å²) >= 11 is 0. The van der Waals surface area contributed by atoms with E-state index in [1.54, 1.807) is 11.9 Å². The van der Waals surface area contributed by atoms with Gasteiger partial charge in [0, 0.05) is 19.6 Å². The van der Waals surface area contributed by atoms with Crippen molar-refractivity contribution >= 4 is 5.91 Å². The molecule has 1 heterocycles. The molecule has 1 aromatic rings. The molecule has 1 N–H and O–H groups in total. The summed E-state index contributed by atoms with van der Waals surface area (Å²) in [5.74, 6) is 1.61. The molecule has 0 aliphatic carbocycles. The Morgan fingerprint density at radius 3 is 2.70 bits per heavy atom. The number of carbonyl (C=O) groups is 1. The van der Waals surface area contributed by atoms with Crippen molar-refractivity contribution in [2.75, 3.05) is 26.8 Å². The molecule has 5 heteroatoms. The second-order valence-corrected chi connectivity index (χ2v) is 5.26. The van der Waals surface area contributed by atoms with Crippen LogP contribution in [-0.4, -0.2) is 43.7 Å². The molecule has 0 unspecified atom stereocenters. The Labute approximate surface area is 119 Å². The van der Waals surface area contributed by atoms with Crippen LogP contribution in [0.15, 0.2) is 18.2 Å². The summed E-state index contributed by atoms with van der Waals surface area (Å²) in [5, 5.41) is 3.13. The van der Waals surface area contributed by atoms with Crippen LogP contribution in [0.1, 0.15) is 19.4 Å². The van der Waals surface area contributed by atoms with E-state index in [-0.39, 0.29) is 5.91 Å². The smallest absolute Gasteiger partial charge is 0.236 e. The molecular formula is C15H22N2O3. The first-order chi connectivity index (χ1) is 9.56. The first kappa shape index (κ1) is 14.7. The van der Waals surface area contributed by atoms with Crippen molar-refractivity contribution in [3.8, 4) is 11.5 Å². The molecule has 2 rings (SSSR count). The zero-order chi connectivity index (χ0) is 14.5. The molecule has 0 fully saturated rings. The highest BCUT2D eigenvalue weighted by molar-refractivity contribution is 5.78. The first-order valence-electron chi connectivity index (χ1n) is 6.92. The van der Waals surface area contributed by atoms with Crippen LogP contribution in [0.3, 0.4) is 0 Å². The Kier molecular flexibility index (Phi) is 4.84. The Hall–Kier alpha value is -1.75. The number of nitrogens with zero attached hydrogens (tertiary/aromatic N) is 1. The maximum absolute atomic E-state index is 11.9. The third-order valence-corrected chi connectivity index (χ3v) is 3.11. The van der Waals surface area contributed by atoms with Crippen molar-refractivity contribution in [1.29, 1.82) is 0 Å². The number of carbonyl (C=O) groups excluding carboxylic acids is 1. The number of fused-ring (bicyclic) bond motifs is 1. The monoisotopic (exact) mass is 278 g/mol. The lowest BCUT2D eigenvalue weighted by molar-refractivity contribution is -0.129. The zero-order valence-electron chi connectivity index (χ0n) is 12.3. The highest BCUT2D eigenvalue weighted by Crippen LogP contribution is 2.30. The van der Waals surface area contributed by atoms with Gasteiger partial charge in [-0.3, -0.25) is 4.79 Å². The number of hydrogen-bond donors (Lipinski definition) is 1. The fraction of sp³-hybridized carbons (Fsp3) is 0.533. The highest BCUT2D eigenvalue weighted by Gasteiger charge is 2.14. The molecule has 0 bridgehead atoms. The van der Waals surface area contributed by atoms with Crippen LogP contribution in [0.4, 0.5) is 0 Å². The van der Waals surface area contributed by atoms with Gasteiger partial charge in [-0.25, -0.2) is 0 Å². The van der Waals surface area contributed by atoms with Gasteiger partial charge in [-0.05, 0) is 17.7 Å². The summed E-state index contributed by atoms with van der Waals surface area (Å²) in [4.78, 5) is 13.7. The van der Waals surface area contributed by atoms with Crippen molar-refractivity contribution in [3.63, 3.8) is 0 Å². The SMILES string of the molecule is CC(C)NCC(=O)N(C)Cc1ccc2c(c1)OCCO2. The predicted octanol–water partition coefficient (Wildman–Crippen LogP) is 1.41. The minimum atomic E-state index is 0.0774. The lowest BCUT2D eigenvalue weighted by Crippen LogP contribution is -2.37. The topological polar surface area (TPSA) is 50.8 Å². The highest BCUT2D eigenvalue weighted by atomic mass is 16.6. The van der Waals surface area contributed by atoms with E-state index in [2.05, 4.69) is 5.32 Å². The Balaban J connectivity index is 1.93. The molecule has 20 heavy (non-hydrogen) atoms. The maximum Gasteiger partial charge on any atom is 0.236 e. The van der Waals surface area contributed by atoms with Crippen molar-refractivity contribution in [2.24, 2.45) is 0 Å². The van der Waals surface area contributed by atoms with E-state index < -0.39 is 0 Å². The van der Waals surface area contributed by atoms with Gasteiger partial charge in [0.15, 0.2) is 11.5 Å². The molecule has 0 saturated carbocycles. The number of ether oxygens (including phenoxy) is 2. The Bertz CT molecular complexity index is 474. The molecule has 0 atom stereocenters. The van der Waals surface area contributed by atoms with E-state index in [0.717, 1.165) is 17.1 Å². The van der Waals surface area contributed by atoms with E-state index >= 15 is 0 Å². The van der Waals surface area contributed by atoms with Crippen LogP contribution in [0.25, 0.3) is 0 Å². The molecule has 1 aliphatic heterocycles. The zero-order valence-corrected chi connectivity index (χ0v) is 12.3. The van der Waals surface area contributed by atoms with E-state index in [1.165, 1.54) is 0 Å². The first-order valence-corrected chi connectivity index (χ1v) is 6.92. The average molecular weight is 278 g/mol. The molecule has 0 spiro atoms. The maximum atomic E-state index is 11.9. The van der Waals surface area contributed by atoms with Crippen LogP contribution in [0, 0.1) is 0 Å². The molecule has 0 aromatic heterocycles. The largest absolute Gasteiger partial charge is 0.486 e. The molecule has 110 valence electrons. The minimum absolute atomic E-state index is 0.0774. The molecule has 0 saturated heterocycles. The van der Waals surface area contributed by atoms with Crippen molar-refractivity contribution in [2.45, 2.75) is 26.4 Å². The van der Waals surface area contributed by atoms with Gasteiger partial charge in [-0.2, -0.15) is 0 Å². The fourth-order valence-corrected chi connectivity index (χ4v) is 1.97. The third-order valence-electron chi connectivity index (χ3n) is 3.11. The fourth-order valence-electron chi connectivity index (χ4n) is 1.97. The minimum Gasteiger partial charge on any atom is -0.486 e. The summed E-state index contributed by atoms with van der Waals surface area (Å²) in [6.07, 6.45) is 0. The van der Waals surface area contributed by atoms with Crippen LogP contribution < -0.4 is 14.8 Å². The van der Waals surface area contributed by atoms with Crippen LogP contribution in [0.5, 0.6) is 11.5 Å². The number of amides is 1. The van der Waals surface area contributed by atoms with Gasteiger partial charge < -0.3 is 19.7 Å².